The summed E-state index contributed by atoms with van der Waals surface area (Å²) in [5.74, 6) is 0.234. The van der Waals surface area contributed by atoms with Crippen LogP contribution in [0.2, 0.25) is 10.0 Å². The van der Waals surface area contributed by atoms with Crippen molar-refractivity contribution in [3.8, 4) is 11.4 Å². The van der Waals surface area contributed by atoms with Crippen molar-refractivity contribution in [2.75, 3.05) is 0 Å². The Morgan fingerprint density at radius 3 is 2.67 bits per heavy atom. The zero-order valence-corrected chi connectivity index (χ0v) is 15.3. The molecule has 9 heteroatoms. The first-order valence-electron chi connectivity index (χ1n) is 6.83. The minimum Gasteiger partial charge on any atom is -0.201 e. The summed E-state index contributed by atoms with van der Waals surface area (Å²) in [6.07, 6.45) is 0. The van der Waals surface area contributed by atoms with Gasteiger partial charge in [-0.2, -0.15) is 3.97 Å². The van der Waals surface area contributed by atoms with Gasteiger partial charge in [-0.05, 0) is 48.5 Å². The lowest BCUT2D eigenvalue weighted by atomic mass is 10.2. The van der Waals surface area contributed by atoms with Crippen molar-refractivity contribution >= 4 is 45.0 Å². The number of rotatable bonds is 1. The Morgan fingerprint density at radius 2 is 1.92 bits per heavy atom. The van der Waals surface area contributed by atoms with E-state index in [1.807, 2.05) is 0 Å². The van der Waals surface area contributed by atoms with Gasteiger partial charge in [-0.15, -0.1) is 10.2 Å². The largest absolute Gasteiger partial charge is 0.272 e. The summed E-state index contributed by atoms with van der Waals surface area (Å²) in [6, 6.07) is 10.1. The highest BCUT2D eigenvalue weighted by molar-refractivity contribution is 8.01. The number of halogens is 2. The number of aromatic nitrogens is 3. The van der Waals surface area contributed by atoms with Crippen LogP contribution in [0.25, 0.3) is 11.4 Å². The van der Waals surface area contributed by atoms with Crippen LogP contribution < -0.4 is 0 Å². The Hall–Kier alpha value is -1.54. The van der Waals surface area contributed by atoms with Crippen LogP contribution in [0.4, 0.5) is 0 Å². The first-order valence-corrected chi connectivity index (χ1v) is 9.84. The van der Waals surface area contributed by atoms with Crippen molar-refractivity contribution in [1.29, 1.82) is 0 Å². The van der Waals surface area contributed by atoms with E-state index in [9.17, 15) is 8.42 Å². The van der Waals surface area contributed by atoms with Crippen LogP contribution in [-0.2, 0) is 10.0 Å². The fourth-order valence-corrected chi connectivity index (χ4v) is 5.95. The van der Waals surface area contributed by atoms with Gasteiger partial charge < -0.3 is 0 Å². The molecule has 122 valence electrons. The van der Waals surface area contributed by atoms with E-state index in [4.69, 9.17) is 23.2 Å². The predicted molar refractivity (Wildman–Crippen MR) is 93.4 cm³/mol. The molecule has 0 saturated carbocycles. The van der Waals surface area contributed by atoms with E-state index >= 15 is 0 Å². The van der Waals surface area contributed by atoms with Gasteiger partial charge in [-0.1, -0.05) is 35.3 Å². The van der Waals surface area contributed by atoms with Crippen molar-refractivity contribution in [3.63, 3.8) is 0 Å². The minimum atomic E-state index is -3.82. The summed E-state index contributed by atoms with van der Waals surface area (Å²) in [4.78, 5) is 0.744. The molecule has 24 heavy (non-hydrogen) atoms. The fraction of sp³-hybridized carbons (Fsp3) is 0.0667. The molecule has 1 aromatic heterocycles. The van der Waals surface area contributed by atoms with Crippen LogP contribution >= 0.6 is 35.0 Å². The van der Waals surface area contributed by atoms with Gasteiger partial charge in [0.2, 0.25) is 5.16 Å². The van der Waals surface area contributed by atoms with E-state index in [-0.39, 0.29) is 15.9 Å². The summed E-state index contributed by atoms with van der Waals surface area (Å²) < 4.78 is 27.3. The van der Waals surface area contributed by atoms with Gasteiger partial charge in [-0.3, -0.25) is 0 Å². The second-order valence-corrected chi connectivity index (χ2v) is 8.84. The maximum absolute atomic E-state index is 13.1. The van der Waals surface area contributed by atoms with Crippen molar-refractivity contribution in [2.45, 2.75) is 21.9 Å². The van der Waals surface area contributed by atoms with Crippen molar-refractivity contribution < 1.29 is 8.42 Å². The van der Waals surface area contributed by atoms with Gasteiger partial charge in [0.15, 0.2) is 5.82 Å². The molecule has 0 atom stereocenters. The summed E-state index contributed by atoms with van der Waals surface area (Å²) in [5, 5.41) is 9.36. The van der Waals surface area contributed by atoms with Crippen molar-refractivity contribution in [1.82, 2.24) is 14.2 Å². The third-order valence-electron chi connectivity index (χ3n) is 3.62. The molecule has 4 rings (SSSR count). The zero-order chi connectivity index (χ0) is 17.1. The molecule has 1 aliphatic rings. The molecule has 1 aliphatic heterocycles. The Balaban J connectivity index is 1.98. The molecule has 2 heterocycles. The van der Waals surface area contributed by atoms with Gasteiger partial charge in [0.1, 0.15) is 4.90 Å². The molecule has 0 unspecified atom stereocenters. The molecular weight excluding hydrogens is 389 g/mol. The van der Waals surface area contributed by atoms with Gasteiger partial charge in [0, 0.05) is 20.5 Å². The average molecular weight is 398 g/mol. The Kier molecular flexibility index (Phi) is 3.65. The zero-order valence-electron chi connectivity index (χ0n) is 12.2. The van der Waals surface area contributed by atoms with Gasteiger partial charge in [-0.25, -0.2) is 8.42 Å². The average Bonchev–Trinajstić information content (AvgIpc) is 2.95. The first-order chi connectivity index (χ1) is 11.4. The van der Waals surface area contributed by atoms with E-state index in [2.05, 4.69) is 10.2 Å². The Labute approximate surface area is 152 Å². The molecule has 0 fully saturated rings. The van der Waals surface area contributed by atoms with E-state index < -0.39 is 10.0 Å². The number of hydrogen-bond donors (Lipinski definition) is 0. The van der Waals surface area contributed by atoms with Crippen LogP contribution in [0.1, 0.15) is 5.56 Å². The van der Waals surface area contributed by atoms with Crippen LogP contribution in [0, 0.1) is 6.92 Å². The van der Waals surface area contributed by atoms with Crippen LogP contribution in [0.5, 0.6) is 0 Å². The maximum atomic E-state index is 13.1. The number of aryl methyl sites for hydroxylation is 1. The molecule has 0 aliphatic carbocycles. The standard InChI is InChI=1S/C15H9Cl2N3O2S2/c1-8-5-13-12(7-11(8)17)23-15-19-18-14(20(15)24(13,21)22)9-3-2-4-10(16)6-9/h2-7H,1H3. The quantitative estimate of drug-likeness (QED) is 0.479. The fourth-order valence-electron chi connectivity index (χ4n) is 2.46. The summed E-state index contributed by atoms with van der Waals surface area (Å²) in [6.45, 7) is 1.77. The first kappa shape index (κ1) is 16.0. The van der Waals surface area contributed by atoms with Crippen LogP contribution in [0.15, 0.2) is 51.3 Å². The van der Waals surface area contributed by atoms with Gasteiger partial charge in [0.05, 0.1) is 0 Å². The molecule has 0 N–H and O–H groups in total. The van der Waals surface area contributed by atoms with Crippen LogP contribution in [0.3, 0.4) is 0 Å². The number of benzene rings is 2. The molecular formula is C15H9Cl2N3O2S2. The molecule has 0 bridgehead atoms. The monoisotopic (exact) mass is 397 g/mol. The molecule has 0 radical (unpaired) electrons. The topological polar surface area (TPSA) is 64.8 Å². The number of fused-ring (bicyclic) bond motifs is 2. The minimum absolute atomic E-state index is 0.199. The molecule has 0 amide bonds. The summed E-state index contributed by atoms with van der Waals surface area (Å²) in [5.41, 5.74) is 1.28. The van der Waals surface area contributed by atoms with Crippen LogP contribution in [-0.4, -0.2) is 22.6 Å². The second kappa shape index (κ2) is 5.49. The lowest BCUT2D eigenvalue weighted by Crippen LogP contribution is -2.19. The van der Waals surface area contributed by atoms with Gasteiger partial charge in [0.25, 0.3) is 10.0 Å². The van der Waals surface area contributed by atoms with E-state index in [0.29, 0.717) is 26.1 Å². The predicted octanol–water partition coefficient (Wildman–Crippen LogP) is 4.26. The Morgan fingerprint density at radius 1 is 1.12 bits per heavy atom. The van der Waals surface area contributed by atoms with E-state index in [1.165, 1.54) is 11.8 Å². The lowest BCUT2D eigenvalue weighted by molar-refractivity contribution is 0.578. The lowest BCUT2D eigenvalue weighted by Gasteiger charge is -2.19. The van der Waals surface area contributed by atoms with Gasteiger partial charge >= 0.3 is 0 Å². The molecule has 0 saturated heterocycles. The van der Waals surface area contributed by atoms with Crippen molar-refractivity contribution in [2.24, 2.45) is 0 Å². The summed E-state index contributed by atoms with van der Waals surface area (Å²) >= 11 is 13.3. The Bertz CT molecular complexity index is 1090. The molecule has 3 aromatic rings. The third kappa shape index (κ3) is 2.35. The molecule has 5 nitrogen and oxygen atoms in total. The normalized spacial score (nSPS) is 15.0. The smallest absolute Gasteiger partial charge is 0.201 e. The SMILES string of the molecule is Cc1cc2c(cc1Cl)Sc1nnc(-c3cccc(Cl)c3)n1S2(=O)=O. The van der Waals surface area contributed by atoms with E-state index in [1.54, 1.807) is 43.3 Å². The van der Waals surface area contributed by atoms with Crippen molar-refractivity contribution in [3.05, 3.63) is 52.0 Å². The molecule has 2 aromatic carbocycles. The highest BCUT2D eigenvalue weighted by atomic mass is 35.5. The number of hydrogen-bond acceptors (Lipinski definition) is 5. The summed E-state index contributed by atoms with van der Waals surface area (Å²) in [7, 11) is -3.82. The van der Waals surface area contributed by atoms with E-state index in [0.717, 1.165) is 3.97 Å². The third-order valence-corrected chi connectivity index (χ3v) is 7.24. The second-order valence-electron chi connectivity index (χ2n) is 5.24. The highest BCUT2D eigenvalue weighted by Crippen LogP contribution is 2.43. The highest BCUT2D eigenvalue weighted by Gasteiger charge is 2.34. The molecule has 0 spiro atoms. The number of nitrogens with zero attached hydrogens (tertiary/aromatic N) is 3. The maximum Gasteiger partial charge on any atom is 0.272 e.